The SMILES string of the molecule is COc1ccc(CNC2CCC(C)C2)cc1. The average Bonchev–Trinajstić information content (AvgIpc) is 2.73. The van der Waals surface area contributed by atoms with E-state index in [0.717, 1.165) is 24.3 Å². The van der Waals surface area contributed by atoms with Crippen LogP contribution in [0.4, 0.5) is 0 Å². The fourth-order valence-electron chi connectivity index (χ4n) is 2.40. The molecule has 1 saturated carbocycles. The van der Waals surface area contributed by atoms with Crippen molar-refractivity contribution in [1.82, 2.24) is 5.32 Å². The van der Waals surface area contributed by atoms with Crippen LogP contribution in [0.1, 0.15) is 31.7 Å². The second-order valence-corrected chi connectivity index (χ2v) is 4.84. The third-order valence-electron chi connectivity index (χ3n) is 3.45. The van der Waals surface area contributed by atoms with Crippen LogP contribution in [0.3, 0.4) is 0 Å². The van der Waals surface area contributed by atoms with E-state index in [4.69, 9.17) is 4.74 Å². The van der Waals surface area contributed by atoms with Crippen LogP contribution < -0.4 is 10.1 Å². The minimum absolute atomic E-state index is 0.720. The normalized spacial score (nSPS) is 24.6. The van der Waals surface area contributed by atoms with Gasteiger partial charge in [-0.1, -0.05) is 19.1 Å². The van der Waals surface area contributed by atoms with Crippen molar-refractivity contribution in [1.29, 1.82) is 0 Å². The molecule has 1 aromatic rings. The third kappa shape index (κ3) is 2.99. The van der Waals surface area contributed by atoms with Gasteiger partial charge in [0.2, 0.25) is 0 Å². The topological polar surface area (TPSA) is 21.3 Å². The van der Waals surface area contributed by atoms with Gasteiger partial charge in [-0.25, -0.2) is 0 Å². The van der Waals surface area contributed by atoms with Gasteiger partial charge in [0.1, 0.15) is 5.75 Å². The van der Waals surface area contributed by atoms with Crippen LogP contribution in [0.25, 0.3) is 0 Å². The molecule has 0 aromatic heterocycles. The molecule has 0 amide bonds. The second-order valence-electron chi connectivity index (χ2n) is 4.84. The minimum Gasteiger partial charge on any atom is -0.497 e. The average molecular weight is 219 g/mol. The molecule has 16 heavy (non-hydrogen) atoms. The van der Waals surface area contributed by atoms with Gasteiger partial charge in [-0.05, 0) is 42.9 Å². The van der Waals surface area contributed by atoms with Crippen LogP contribution >= 0.6 is 0 Å². The molecule has 2 nitrogen and oxygen atoms in total. The van der Waals surface area contributed by atoms with Crippen LogP contribution in [-0.4, -0.2) is 13.2 Å². The van der Waals surface area contributed by atoms with Gasteiger partial charge in [0.15, 0.2) is 0 Å². The smallest absolute Gasteiger partial charge is 0.118 e. The second kappa shape index (κ2) is 5.35. The zero-order chi connectivity index (χ0) is 11.4. The van der Waals surface area contributed by atoms with Crippen LogP contribution in [0.5, 0.6) is 5.75 Å². The summed E-state index contributed by atoms with van der Waals surface area (Å²) < 4.78 is 5.14. The summed E-state index contributed by atoms with van der Waals surface area (Å²) in [6, 6.07) is 9.02. The number of hydrogen-bond donors (Lipinski definition) is 1. The van der Waals surface area contributed by atoms with Crippen LogP contribution in [0.15, 0.2) is 24.3 Å². The zero-order valence-corrected chi connectivity index (χ0v) is 10.2. The third-order valence-corrected chi connectivity index (χ3v) is 3.45. The molecule has 1 N–H and O–H groups in total. The highest BCUT2D eigenvalue weighted by atomic mass is 16.5. The van der Waals surface area contributed by atoms with Gasteiger partial charge in [0.05, 0.1) is 7.11 Å². The van der Waals surface area contributed by atoms with Crippen molar-refractivity contribution < 1.29 is 4.74 Å². The number of nitrogens with one attached hydrogen (secondary N) is 1. The van der Waals surface area contributed by atoms with Gasteiger partial charge in [-0.15, -0.1) is 0 Å². The first kappa shape index (κ1) is 11.5. The lowest BCUT2D eigenvalue weighted by molar-refractivity contribution is 0.414. The number of rotatable bonds is 4. The molecule has 0 saturated heterocycles. The Morgan fingerprint density at radius 2 is 2.00 bits per heavy atom. The van der Waals surface area contributed by atoms with E-state index in [1.165, 1.54) is 24.8 Å². The predicted octanol–water partition coefficient (Wildman–Crippen LogP) is 2.97. The monoisotopic (exact) mass is 219 g/mol. The standard InChI is InChI=1S/C14H21NO/c1-11-3-6-13(9-11)15-10-12-4-7-14(16-2)8-5-12/h4-5,7-8,11,13,15H,3,6,9-10H2,1-2H3. The van der Waals surface area contributed by atoms with Crippen molar-refractivity contribution in [2.75, 3.05) is 7.11 Å². The van der Waals surface area contributed by atoms with E-state index in [2.05, 4.69) is 24.4 Å². The maximum absolute atomic E-state index is 5.14. The molecule has 2 atom stereocenters. The van der Waals surface area contributed by atoms with Crippen molar-refractivity contribution in [2.24, 2.45) is 5.92 Å². The van der Waals surface area contributed by atoms with E-state index in [-0.39, 0.29) is 0 Å². The summed E-state index contributed by atoms with van der Waals surface area (Å²) >= 11 is 0. The maximum Gasteiger partial charge on any atom is 0.118 e. The van der Waals surface area contributed by atoms with E-state index in [0.29, 0.717) is 0 Å². The zero-order valence-electron chi connectivity index (χ0n) is 10.2. The van der Waals surface area contributed by atoms with Crippen molar-refractivity contribution >= 4 is 0 Å². The van der Waals surface area contributed by atoms with Gasteiger partial charge in [-0.2, -0.15) is 0 Å². The van der Waals surface area contributed by atoms with E-state index >= 15 is 0 Å². The molecule has 0 heterocycles. The Bertz CT molecular complexity index is 320. The Kier molecular flexibility index (Phi) is 3.83. The Morgan fingerprint density at radius 1 is 1.25 bits per heavy atom. The summed E-state index contributed by atoms with van der Waals surface area (Å²) in [4.78, 5) is 0. The molecule has 88 valence electrons. The lowest BCUT2D eigenvalue weighted by atomic mass is 10.1. The summed E-state index contributed by atoms with van der Waals surface area (Å²) in [6.45, 7) is 3.32. The molecule has 0 spiro atoms. The quantitative estimate of drug-likeness (QED) is 0.840. The molecular formula is C14H21NO. The van der Waals surface area contributed by atoms with Crippen molar-refractivity contribution in [2.45, 2.75) is 38.8 Å². The van der Waals surface area contributed by atoms with Gasteiger partial charge in [0.25, 0.3) is 0 Å². The molecule has 2 heteroatoms. The molecular weight excluding hydrogens is 198 g/mol. The number of benzene rings is 1. The highest BCUT2D eigenvalue weighted by Gasteiger charge is 2.20. The van der Waals surface area contributed by atoms with Crippen LogP contribution in [0, 0.1) is 5.92 Å². The van der Waals surface area contributed by atoms with Crippen molar-refractivity contribution in [3.05, 3.63) is 29.8 Å². The maximum atomic E-state index is 5.14. The fourth-order valence-corrected chi connectivity index (χ4v) is 2.40. The summed E-state index contributed by atoms with van der Waals surface area (Å²) in [5, 5.41) is 3.62. The Hall–Kier alpha value is -1.02. The molecule has 1 aliphatic carbocycles. The fraction of sp³-hybridized carbons (Fsp3) is 0.571. The lowest BCUT2D eigenvalue weighted by Crippen LogP contribution is -2.25. The Labute approximate surface area is 98.0 Å². The predicted molar refractivity (Wildman–Crippen MR) is 66.6 cm³/mol. The molecule has 0 radical (unpaired) electrons. The van der Waals surface area contributed by atoms with E-state index < -0.39 is 0 Å². The van der Waals surface area contributed by atoms with Gasteiger partial charge >= 0.3 is 0 Å². The summed E-state index contributed by atoms with van der Waals surface area (Å²) in [5.41, 5.74) is 1.33. The molecule has 1 aliphatic rings. The van der Waals surface area contributed by atoms with Crippen LogP contribution in [-0.2, 0) is 6.54 Å². The first-order valence-electron chi connectivity index (χ1n) is 6.14. The first-order chi connectivity index (χ1) is 7.78. The highest BCUT2D eigenvalue weighted by molar-refractivity contribution is 5.27. The van der Waals surface area contributed by atoms with Crippen molar-refractivity contribution in [3.8, 4) is 5.75 Å². The van der Waals surface area contributed by atoms with Gasteiger partial charge in [0, 0.05) is 12.6 Å². The van der Waals surface area contributed by atoms with E-state index in [1.807, 2.05) is 12.1 Å². The van der Waals surface area contributed by atoms with Crippen molar-refractivity contribution in [3.63, 3.8) is 0 Å². The largest absolute Gasteiger partial charge is 0.497 e. The van der Waals surface area contributed by atoms with Gasteiger partial charge in [-0.3, -0.25) is 0 Å². The number of hydrogen-bond acceptors (Lipinski definition) is 2. The number of methoxy groups -OCH3 is 1. The molecule has 2 unspecified atom stereocenters. The molecule has 2 rings (SSSR count). The van der Waals surface area contributed by atoms with Gasteiger partial charge < -0.3 is 10.1 Å². The summed E-state index contributed by atoms with van der Waals surface area (Å²) in [6.07, 6.45) is 4.04. The Balaban J connectivity index is 1.80. The van der Waals surface area contributed by atoms with Crippen LogP contribution in [0.2, 0.25) is 0 Å². The highest BCUT2D eigenvalue weighted by Crippen LogP contribution is 2.24. The molecule has 1 fully saturated rings. The summed E-state index contributed by atoms with van der Waals surface area (Å²) in [7, 11) is 1.70. The first-order valence-corrected chi connectivity index (χ1v) is 6.14. The molecule has 0 aliphatic heterocycles. The van der Waals surface area contributed by atoms with E-state index in [1.54, 1.807) is 7.11 Å². The minimum atomic E-state index is 0.720. The van der Waals surface area contributed by atoms with E-state index in [9.17, 15) is 0 Å². The molecule has 0 bridgehead atoms. The number of ether oxygens (including phenoxy) is 1. The summed E-state index contributed by atoms with van der Waals surface area (Å²) in [5.74, 6) is 1.83. The lowest BCUT2D eigenvalue weighted by Gasteiger charge is -2.12. The molecule has 1 aromatic carbocycles. The Morgan fingerprint density at radius 3 is 2.56 bits per heavy atom.